The summed E-state index contributed by atoms with van der Waals surface area (Å²) in [5.41, 5.74) is 5.57. The van der Waals surface area contributed by atoms with E-state index in [4.69, 9.17) is 16.3 Å². The third-order valence-electron chi connectivity index (χ3n) is 4.71. The van der Waals surface area contributed by atoms with Gasteiger partial charge in [-0.2, -0.15) is 20.1 Å². The van der Waals surface area contributed by atoms with Crippen molar-refractivity contribution in [2.45, 2.75) is 20.8 Å². The molecular formula is C22H24ClI2N7O. The summed E-state index contributed by atoms with van der Waals surface area (Å²) in [6, 6.07) is 9.75. The average Bonchev–Trinajstić information content (AvgIpc) is 2.77. The number of benzene rings is 2. The molecule has 0 saturated heterocycles. The summed E-state index contributed by atoms with van der Waals surface area (Å²) in [5.74, 6) is 2.03. The summed E-state index contributed by atoms with van der Waals surface area (Å²) in [6.07, 6.45) is 1.69. The van der Waals surface area contributed by atoms with Crippen molar-refractivity contribution in [1.82, 2.24) is 15.0 Å². The molecule has 3 rings (SSSR count). The van der Waals surface area contributed by atoms with Crippen LogP contribution in [0.25, 0.3) is 0 Å². The molecule has 0 fully saturated rings. The summed E-state index contributed by atoms with van der Waals surface area (Å²) in [4.78, 5) is 15.6. The summed E-state index contributed by atoms with van der Waals surface area (Å²) in [7, 11) is 1.65. The van der Waals surface area contributed by atoms with Gasteiger partial charge in [-0.05, 0) is 95.8 Å². The molecule has 174 valence electrons. The van der Waals surface area contributed by atoms with Crippen molar-refractivity contribution in [1.29, 1.82) is 0 Å². The van der Waals surface area contributed by atoms with Crippen molar-refractivity contribution in [2.75, 3.05) is 35.8 Å². The Labute approximate surface area is 225 Å². The van der Waals surface area contributed by atoms with E-state index < -0.39 is 0 Å². The van der Waals surface area contributed by atoms with Gasteiger partial charge in [-0.15, -0.1) is 0 Å². The lowest BCUT2D eigenvalue weighted by Crippen LogP contribution is -2.25. The zero-order valence-electron chi connectivity index (χ0n) is 18.7. The molecule has 1 heterocycles. The minimum Gasteiger partial charge on any atom is -0.495 e. The number of ether oxygens (including phenoxy) is 1. The van der Waals surface area contributed by atoms with Crippen molar-refractivity contribution in [3.05, 3.63) is 53.6 Å². The Morgan fingerprint density at radius 3 is 2.48 bits per heavy atom. The number of hydrogen-bond acceptors (Lipinski definition) is 8. The van der Waals surface area contributed by atoms with Gasteiger partial charge in [-0.1, -0.05) is 17.7 Å². The summed E-state index contributed by atoms with van der Waals surface area (Å²) >= 11 is 10.8. The van der Waals surface area contributed by atoms with Gasteiger partial charge in [-0.3, -0.25) is 0 Å². The van der Waals surface area contributed by atoms with E-state index in [1.54, 1.807) is 13.3 Å². The zero-order chi connectivity index (χ0) is 24.0. The highest BCUT2D eigenvalue weighted by Crippen LogP contribution is 2.27. The maximum atomic E-state index is 6.27. The summed E-state index contributed by atoms with van der Waals surface area (Å²) in [5, 5.41) is 8.23. The number of rotatable bonds is 9. The Kier molecular flexibility index (Phi) is 9.32. The van der Waals surface area contributed by atoms with Gasteiger partial charge in [-0.25, -0.2) is 5.43 Å². The number of nitrogens with one attached hydrogen (secondary N) is 2. The minimum absolute atomic E-state index is 0.322. The van der Waals surface area contributed by atoms with E-state index in [1.807, 2.05) is 42.2 Å². The smallest absolute Gasteiger partial charge is 0.250 e. The largest absolute Gasteiger partial charge is 0.495 e. The second-order valence-corrected chi connectivity index (χ2v) is 9.74. The second-order valence-electron chi connectivity index (χ2n) is 6.92. The second kappa shape index (κ2) is 12.0. The number of aryl methyl sites for hydroxylation is 1. The van der Waals surface area contributed by atoms with Crippen LogP contribution in [0.5, 0.6) is 5.75 Å². The molecule has 3 aromatic rings. The van der Waals surface area contributed by atoms with Gasteiger partial charge >= 0.3 is 0 Å². The molecule has 8 nitrogen and oxygen atoms in total. The zero-order valence-corrected chi connectivity index (χ0v) is 23.7. The molecule has 0 saturated carbocycles. The molecule has 0 amide bonds. The first-order chi connectivity index (χ1) is 15.8. The van der Waals surface area contributed by atoms with Crippen LogP contribution >= 0.6 is 56.8 Å². The molecule has 0 aliphatic carbocycles. The number of halogens is 3. The Bertz CT molecular complexity index is 1160. The first kappa shape index (κ1) is 25.7. The minimum atomic E-state index is 0.322. The lowest BCUT2D eigenvalue weighted by atomic mass is 10.2. The third-order valence-corrected chi connectivity index (χ3v) is 6.54. The van der Waals surface area contributed by atoms with Gasteiger partial charge in [0.25, 0.3) is 0 Å². The lowest BCUT2D eigenvalue weighted by molar-refractivity contribution is 0.411. The molecule has 2 N–H and O–H groups in total. The molecule has 11 heteroatoms. The van der Waals surface area contributed by atoms with Crippen LogP contribution < -0.4 is 20.4 Å². The van der Waals surface area contributed by atoms with Crippen molar-refractivity contribution in [3.8, 4) is 5.75 Å². The van der Waals surface area contributed by atoms with Crippen LogP contribution in [0.15, 0.2) is 35.4 Å². The number of hydrazone groups is 1. The average molecular weight is 692 g/mol. The number of methoxy groups -OCH3 is 1. The first-order valence-electron chi connectivity index (χ1n) is 10.2. The van der Waals surface area contributed by atoms with Crippen LogP contribution in [-0.4, -0.2) is 41.4 Å². The van der Waals surface area contributed by atoms with E-state index in [0.29, 0.717) is 22.9 Å². The van der Waals surface area contributed by atoms with E-state index in [2.05, 4.69) is 89.8 Å². The molecule has 0 bridgehead atoms. The fraction of sp³-hybridized carbons (Fsp3) is 0.273. The summed E-state index contributed by atoms with van der Waals surface area (Å²) < 4.78 is 7.62. The number of hydrogen-bond donors (Lipinski definition) is 2. The van der Waals surface area contributed by atoms with Crippen molar-refractivity contribution < 1.29 is 4.74 Å². The van der Waals surface area contributed by atoms with Gasteiger partial charge < -0.3 is 15.0 Å². The van der Waals surface area contributed by atoms with Gasteiger partial charge in [0.15, 0.2) is 0 Å². The van der Waals surface area contributed by atoms with Crippen LogP contribution in [0, 0.1) is 14.1 Å². The normalized spacial score (nSPS) is 11.0. The van der Waals surface area contributed by atoms with E-state index in [0.717, 1.165) is 42.8 Å². The monoisotopic (exact) mass is 691 g/mol. The van der Waals surface area contributed by atoms with Crippen LogP contribution in [-0.2, 0) is 0 Å². The predicted octanol–water partition coefficient (Wildman–Crippen LogP) is 6.09. The Morgan fingerprint density at radius 1 is 1.09 bits per heavy atom. The third kappa shape index (κ3) is 6.79. The molecule has 0 radical (unpaired) electrons. The first-order valence-corrected chi connectivity index (χ1v) is 12.7. The van der Waals surface area contributed by atoms with Crippen LogP contribution in [0.1, 0.15) is 25.0 Å². The van der Waals surface area contributed by atoms with E-state index >= 15 is 0 Å². The van der Waals surface area contributed by atoms with Gasteiger partial charge in [0.1, 0.15) is 5.75 Å². The van der Waals surface area contributed by atoms with Gasteiger partial charge in [0, 0.05) is 32.9 Å². The quantitative estimate of drug-likeness (QED) is 0.160. The molecule has 1 aromatic heterocycles. The van der Waals surface area contributed by atoms with E-state index in [-0.39, 0.29) is 0 Å². The maximum Gasteiger partial charge on any atom is 0.250 e. The molecule has 0 aliphatic heterocycles. The molecule has 0 spiro atoms. The SMILES string of the molecule is CCN(CC)c1nc(NN=Cc2cc(I)cc(I)c2OC)nc(Nc2ccc(C)c(Cl)c2)n1. The van der Waals surface area contributed by atoms with Crippen molar-refractivity contribution in [2.24, 2.45) is 5.10 Å². The highest BCUT2D eigenvalue weighted by atomic mass is 127. The lowest BCUT2D eigenvalue weighted by Gasteiger charge is -2.19. The van der Waals surface area contributed by atoms with E-state index in [1.165, 1.54) is 0 Å². The Hall–Kier alpha value is -1.93. The fourth-order valence-corrected chi connectivity index (χ4v) is 5.26. The molecule has 2 aromatic carbocycles. The molecule has 33 heavy (non-hydrogen) atoms. The molecule has 0 atom stereocenters. The summed E-state index contributed by atoms with van der Waals surface area (Å²) in [6.45, 7) is 7.58. The van der Waals surface area contributed by atoms with Crippen molar-refractivity contribution >= 4 is 86.5 Å². The number of anilines is 4. The van der Waals surface area contributed by atoms with Crippen LogP contribution in [0.4, 0.5) is 23.5 Å². The maximum absolute atomic E-state index is 6.27. The standard InChI is InChI=1S/C22H24ClI2N7O/c1-5-32(6-2)22-29-20(27-16-8-7-13(3)17(23)11-16)28-21(30-22)31-26-12-14-9-15(24)10-18(25)19(14)33-4/h7-12H,5-6H2,1-4H3,(H2,27,28,29,30,31). The Balaban J connectivity index is 1.90. The predicted molar refractivity (Wildman–Crippen MR) is 153 cm³/mol. The van der Waals surface area contributed by atoms with Crippen molar-refractivity contribution in [3.63, 3.8) is 0 Å². The van der Waals surface area contributed by atoms with Gasteiger partial charge in [0.05, 0.1) is 16.9 Å². The molecular weight excluding hydrogens is 668 g/mol. The van der Waals surface area contributed by atoms with Crippen LogP contribution in [0.2, 0.25) is 5.02 Å². The van der Waals surface area contributed by atoms with Crippen LogP contribution in [0.3, 0.4) is 0 Å². The highest BCUT2D eigenvalue weighted by molar-refractivity contribution is 14.1. The number of aromatic nitrogens is 3. The van der Waals surface area contributed by atoms with E-state index in [9.17, 15) is 0 Å². The van der Waals surface area contributed by atoms with Gasteiger partial charge in [0.2, 0.25) is 17.8 Å². The Morgan fingerprint density at radius 2 is 1.82 bits per heavy atom. The molecule has 0 aliphatic rings. The molecule has 0 unspecified atom stereocenters. The topological polar surface area (TPSA) is 87.6 Å². The number of nitrogens with zero attached hydrogens (tertiary/aromatic N) is 5. The fourth-order valence-electron chi connectivity index (χ4n) is 2.97. The highest BCUT2D eigenvalue weighted by Gasteiger charge is 2.12.